The fraction of sp³-hybridized carbons (Fsp3) is 0.533. The van der Waals surface area contributed by atoms with Crippen molar-refractivity contribution in [3.63, 3.8) is 0 Å². The van der Waals surface area contributed by atoms with Gasteiger partial charge < -0.3 is 10.4 Å². The number of halogens is 3. The van der Waals surface area contributed by atoms with E-state index in [1.54, 1.807) is 6.07 Å². The van der Waals surface area contributed by atoms with Gasteiger partial charge in [0.25, 0.3) is 0 Å². The Hall–Kier alpha value is -1.74. The highest BCUT2D eigenvalue weighted by atomic mass is 19.4. The van der Waals surface area contributed by atoms with Crippen LogP contribution in [0.4, 0.5) is 18.9 Å². The van der Waals surface area contributed by atoms with Crippen LogP contribution in [-0.2, 0) is 6.18 Å². The number of hydrogen-bond donors (Lipinski definition) is 2. The highest BCUT2D eigenvalue weighted by molar-refractivity contribution is 5.60. The second kappa shape index (κ2) is 5.94. The summed E-state index contributed by atoms with van der Waals surface area (Å²) in [7, 11) is 0. The van der Waals surface area contributed by atoms with E-state index in [1.807, 2.05) is 0 Å². The molecule has 1 aliphatic carbocycles. The van der Waals surface area contributed by atoms with Crippen molar-refractivity contribution >= 4 is 5.69 Å². The summed E-state index contributed by atoms with van der Waals surface area (Å²) in [6.45, 7) is -0.0983. The van der Waals surface area contributed by atoms with Gasteiger partial charge in [-0.05, 0) is 31.0 Å². The Kier molecular flexibility index (Phi) is 4.43. The lowest BCUT2D eigenvalue weighted by Gasteiger charge is -2.37. The van der Waals surface area contributed by atoms with Crippen LogP contribution in [0.3, 0.4) is 0 Å². The van der Waals surface area contributed by atoms with Crippen molar-refractivity contribution in [1.29, 1.82) is 5.26 Å². The molecule has 0 unspecified atom stereocenters. The molecule has 1 aliphatic rings. The molecule has 2 rings (SSSR count). The molecule has 1 aromatic rings. The van der Waals surface area contributed by atoms with Crippen LogP contribution >= 0.6 is 0 Å². The van der Waals surface area contributed by atoms with Crippen LogP contribution in [-0.4, -0.2) is 17.3 Å². The smallest absolute Gasteiger partial charge is 0.394 e. The average Bonchev–Trinajstić information content (AvgIpc) is 2.47. The molecule has 6 heteroatoms. The summed E-state index contributed by atoms with van der Waals surface area (Å²) in [4.78, 5) is 0. The van der Waals surface area contributed by atoms with Crippen LogP contribution in [0.2, 0.25) is 0 Å². The van der Waals surface area contributed by atoms with Gasteiger partial charge in [0.15, 0.2) is 0 Å². The largest absolute Gasteiger partial charge is 0.416 e. The quantitative estimate of drug-likeness (QED) is 0.895. The molecule has 0 heterocycles. The first-order valence-electron chi connectivity index (χ1n) is 6.91. The maximum Gasteiger partial charge on any atom is 0.416 e. The number of nitrogens with zero attached hydrogens (tertiary/aromatic N) is 1. The van der Waals surface area contributed by atoms with E-state index in [2.05, 4.69) is 5.32 Å². The molecule has 0 atom stereocenters. The molecule has 0 aliphatic heterocycles. The molecule has 0 spiro atoms. The van der Waals surface area contributed by atoms with Gasteiger partial charge in [-0.25, -0.2) is 0 Å². The Morgan fingerprint density at radius 3 is 2.43 bits per heavy atom. The lowest BCUT2D eigenvalue weighted by molar-refractivity contribution is -0.137. The van der Waals surface area contributed by atoms with Crippen LogP contribution in [0.5, 0.6) is 0 Å². The topological polar surface area (TPSA) is 56.0 Å². The third-order valence-electron chi connectivity index (χ3n) is 3.98. The number of benzene rings is 1. The molecule has 1 fully saturated rings. The first-order chi connectivity index (χ1) is 9.90. The standard InChI is InChI=1S/C15H17F3N2O/c16-15(17,18)12-4-5-13(11(8-12)9-19)20-14(10-21)6-2-1-3-7-14/h4-5,8,20-21H,1-3,6-7,10H2. The zero-order chi connectivity index (χ0) is 15.5. The zero-order valence-corrected chi connectivity index (χ0v) is 11.5. The molecule has 0 amide bonds. The van der Waals surface area contributed by atoms with Gasteiger partial charge in [-0.3, -0.25) is 0 Å². The summed E-state index contributed by atoms with van der Waals surface area (Å²) in [6, 6.07) is 4.86. The second-order valence-electron chi connectivity index (χ2n) is 5.49. The van der Waals surface area contributed by atoms with Crippen LogP contribution in [0, 0.1) is 11.3 Å². The molecule has 21 heavy (non-hydrogen) atoms. The molecule has 0 saturated heterocycles. The fourth-order valence-electron chi connectivity index (χ4n) is 2.76. The molecule has 0 aromatic heterocycles. The minimum absolute atomic E-state index is 0.0526. The summed E-state index contributed by atoms with van der Waals surface area (Å²) in [6.07, 6.45) is 0.0160. The van der Waals surface area contributed by atoms with Crippen molar-refractivity contribution in [2.45, 2.75) is 43.8 Å². The summed E-state index contributed by atoms with van der Waals surface area (Å²) >= 11 is 0. The van der Waals surface area contributed by atoms with E-state index in [-0.39, 0.29) is 12.2 Å². The Labute approximate surface area is 121 Å². The SMILES string of the molecule is N#Cc1cc(C(F)(F)F)ccc1NC1(CO)CCCCC1. The van der Waals surface area contributed by atoms with Gasteiger partial charge in [0.2, 0.25) is 0 Å². The summed E-state index contributed by atoms with van der Waals surface area (Å²) < 4.78 is 38.0. The monoisotopic (exact) mass is 298 g/mol. The number of aliphatic hydroxyl groups excluding tert-OH is 1. The Bertz CT molecular complexity index is 543. The van der Waals surface area contributed by atoms with E-state index in [9.17, 15) is 18.3 Å². The number of anilines is 1. The maximum atomic E-state index is 12.7. The van der Waals surface area contributed by atoms with Crippen molar-refractivity contribution in [3.05, 3.63) is 29.3 Å². The van der Waals surface area contributed by atoms with Crippen LogP contribution in [0.1, 0.15) is 43.2 Å². The molecule has 3 nitrogen and oxygen atoms in total. The maximum absolute atomic E-state index is 12.7. The molecule has 0 radical (unpaired) electrons. The number of nitrogens with one attached hydrogen (secondary N) is 1. The minimum Gasteiger partial charge on any atom is -0.394 e. The Balaban J connectivity index is 2.30. The third kappa shape index (κ3) is 3.48. The predicted molar refractivity (Wildman–Crippen MR) is 72.7 cm³/mol. The van der Waals surface area contributed by atoms with Crippen LogP contribution in [0.15, 0.2) is 18.2 Å². The van der Waals surface area contributed by atoms with Gasteiger partial charge >= 0.3 is 6.18 Å². The molecule has 1 saturated carbocycles. The molecular formula is C15H17F3N2O. The Morgan fingerprint density at radius 2 is 1.90 bits per heavy atom. The number of hydrogen-bond acceptors (Lipinski definition) is 3. The predicted octanol–water partition coefficient (Wildman–Crippen LogP) is 3.68. The number of aliphatic hydroxyl groups is 1. The zero-order valence-electron chi connectivity index (χ0n) is 11.5. The summed E-state index contributed by atoms with van der Waals surface area (Å²) in [5.41, 5.74) is -1.08. The highest BCUT2D eigenvalue weighted by Crippen LogP contribution is 2.35. The minimum atomic E-state index is -4.47. The second-order valence-corrected chi connectivity index (χ2v) is 5.49. The lowest BCUT2D eigenvalue weighted by Crippen LogP contribution is -2.44. The van der Waals surface area contributed by atoms with Gasteiger partial charge in [-0.15, -0.1) is 0 Å². The number of rotatable bonds is 3. The Morgan fingerprint density at radius 1 is 1.24 bits per heavy atom. The van der Waals surface area contributed by atoms with Crippen molar-refractivity contribution in [1.82, 2.24) is 0 Å². The van der Waals surface area contributed by atoms with Crippen molar-refractivity contribution in [3.8, 4) is 6.07 Å². The number of alkyl halides is 3. The lowest BCUT2D eigenvalue weighted by atomic mass is 9.82. The van der Waals surface area contributed by atoms with Gasteiger partial charge in [0, 0.05) is 0 Å². The highest BCUT2D eigenvalue weighted by Gasteiger charge is 2.34. The van der Waals surface area contributed by atoms with E-state index in [0.717, 1.165) is 44.2 Å². The van der Waals surface area contributed by atoms with Gasteiger partial charge in [-0.2, -0.15) is 18.4 Å². The van der Waals surface area contributed by atoms with E-state index in [1.165, 1.54) is 6.07 Å². The summed E-state index contributed by atoms with van der Waals surface area (Å²) in [5.74, 6) is 0. The van der Waals surface area contributed by atoms with E-state index < -0.39 is 17.3 Å². The molecule has 1 aromatic carbocycles. The third-order valence-corrected chi connectivity index (χ3v) is 3.98. The van der Waals surface area contributed by atoms with Crippen molar-refractivity contribution in [2.75, 3.05) is 11.9 Å². The first kappa shape index (κ1) is 15.6. The normalized spacial score (nSPS) is 18.0. The van der Waals surface area contributed by atoms with Crippen molar-refractivity contribution in [2.24, 2.45) is 0 Å². The number of nitriles is 1. The molecule has 2 N–H and O–H groups in total. The van der Waals surface area contributed by atoms with Gasteiger partial charge in [-0.1, -0.05) is 19.3 Å². The van der Waals surface area contributed by atoms with E-state index >= 15 is 0 Å². The van der Waals surface area contributed by atoms with E-state index in [0.29, 0.717) is 5.69 Å². The van der Waals surface area contributed by atoms with Gasteiger partial charge in [0.05, 0.1) is 29.0 Å². The summed E-state index contributed by atoms with van der Waals surface area (Å²) in [5, 5.41) is 21.8. The van der Waals surface area contributed by atoms with Crippen LogP contribution in [0.25, 0.3) is 0 Å². The molecular weight excluding hydrogens is 281 g/mol. The molecule has 114 valence electrons. The fourth-order valence-corrected chi connectivity index (χ4v) is 2.76. The van der Waals surface area contributed by atoms with Crippen molar-refractivity contribution < 1.29 is 18.3 Å². The van der Waals surface area contributed by atoms with E-state index in [4.69, 9.17) is 5.26 Å². The van der Waals surface area contributed by atoms with Crippen LogP contribution < -0.4 is 5.32 Å². The van der Waals surface area contributed by atoms with Gasteiger partial charge in [0.1, 0.15) is 6.07 Å². The average molecular weight is 298 g/mol. The molecule has 0 bridgehead atoms. The first-order valence-corrected chi connectivity index (χ1v) is 6.91.